The van der Waals surface area contributed by atoms with Crippen molar-refractivity contribution < 1.29 is 14.5 Å². The molecule has 6 nitrogen and oxygen atoms in total. The molecule has 0 unspecified atom stereocenters. The number of hydrogen-bond acceptors (Lipinski definition) is 4. The van der Waals surface area contributed by atoms with Gasteiger partial charge in [0.1, 0.15) is 12.4 Å². The molecular weight excluding hydrogens is 368 g/mol. The third-order valence-electron chi connectivity index (χ3n) is 3.75. The summed E-state index contributed by atoms with van der Waals surface area (Å²) in [5, 5.41) is 14.0. The van der Waals surface area contributed by atoms with Gasteiger partial charge < -0.3 is 10.1 Å². The van der Waals surface area contributed by atoms with E-state index in [0.29, 0.717) is 23.1 Å². The van der Waals surface area contributed by atoms with Crippen molar-refractivity contribution in [3.05, 3.63) is 99.1 Å². The van der Waals surface area contributed by atoms with Crippen LogP contribution in [-0.2, 0) is 6.61 Å². The van der Waals surface area contributed by atoms with Crippen LogP contribution in [0.25, 0.3) is 0 Å². The fourth-order valence-electron chi connectivity index (χ4n) is 2.42. The molecule has 0 radical (unpaired) electrons. The number of nitrogens with zero attached hydrogens (tertiary/aromatic N) is 1. The summed E-state index contributed by atoms with van der Waals surface area (Å²) in [6.07, 6.45) is 0. The fourth-order valence-corrected chi connectivity index (χ4v) is 2.59. The van der Waals surface area contributed by atoms with E-state index < -0.39 is 10.8 Å². The number of amides is 1. The number of nitrogens with one attached hydrogen (secondary N) is 1. The molecule has 0 aliphatic heterocycles. The van der Waals surface area contributed by atoms with Crippen molar-refractivity contribution in [3.8, 4) is 5.75 Å². The first-order valence-electron chi connectivity index (χ1n) is 8.05. The van der Waals surface area contributed by atoms with Crippen molar-refractivity contribution in [2.75, 3.05) is 5.32 Å². The average molecular weight is 383 g/mol. The fraction of sp³-hybridized carbons (Fsp3) is 0.0500. The number of carbonyl (C=O) groups is 1. The van der Waals surface area contributed by atoms with E-state index in [1.54, 1.807) is 18.2 Å². The number of rotatable bonds is 6. The third kappa shape index (κ3) is 4.83. The Hall–Kier alpha value is -3.38. The van der Waals surface area contributed by atoms with E-state index in [0.717, 1.165) is 5.56 Å². The number of anilines is 1. The standard InChI is InChI=1S/C20H15ClN2O4/c21-16-9-10-19(27-13-14-5-2-1-3-6-14)18(12-16)22-20(24)15-7-4-8-17(11-15)23(25)26/h1-12H,13H2,(H,22,24). The topological polar surface area (TPSA) is 81.5 Å². The smallest absolute Gasteiger partial charge is 0.270 e. The summed E-state index contributed by atoms with van der Waals surface area (Å²) in [4.78, 5) is 22.8. The molecule has 0 saturated carbocycles. The van der Waals surface area contributed by atoms with E-state index in [9.17, 15) is 14.9 Å². The Balaban J connectivity index is 1.79. The van der Waals surface area contributed by atoms with Gasteiger partial charge in [-0.25, -0.2) is 0 Å². The monoisotopic (exact) mass is 382 g/mol. The van der Waals surface area contributed by atoms with Gasteiger partial charge in [0.25, 0.3) is 11.6 Å². The highest BCUT2D eigenvalue weighted by molar-refractivity contribution is 6.31. The summed E-state index contributed by atoms with van der Waals surface area (Å²) >= 11 is 6.03. The maximum atomic E-state index is 12.5. The summed E-state index contributed by atoms with van der Waals surface area (Å²) < 4.78 is 5.80. The number of nitro groups is 1. The van der Waals surface area contributed by atoms with Gasteiger partial charge in [0, 0.05) is 22.7 Å². The van der Waals surface area contributed by atoms with Gasteiger partial charge in [-0.3, -0.25) is 14.9 Å². The lowest BCUT2D eigenvalue weighted by atomic mass is 10.2. The Labute approximate surface area is 160 Å². The minimum atomic E-state index is -0.551. The van der Waals surface area contributed by atoms with Gasteiger partial charge in [-0.15, -0.1) is 0 Å². The summed E-state index contributed by atoms with van der Waals surface area (Å²) in [6.45, 7) is 0.322. The number of carbonyl (C=O) groups excluding carboxylic acids is 1. The highest BCUT2D eigenvalue weighted by atomic mass is 35.5. The third-order valence-corrected chi connectivity index (χ3v) is 3.98. The summed E-state index contributed by atoms with van der Waals surface area (Å²) in [7, 11) is 0. The number of nitro benzene ring substituents is 1. The molecule has 27 heavy (non-hydrogen) atoms. The van der Waals surface area contributed by atoms with Gasteiger partial charge in [-0.2, -0.15) is 0 Å². The summed E-state index contributed by atoms with van der Waals surface area (Å²) in [5.41, 5.74) is 1.37. The van der Waals surface area contributed by atoms with E-state index in [-0.39, 0.29) is 11.3 Å². The van der Waals surface area contributed by atoms with Crippen molar-refractivity contribution in [3.63, 3.8) is 0 Å². The Morgan fingerprint density at radius 2 is 1.81 bits per heavy atom. The Bertz CT molecular complexity index is 977. The molecule has 3 aromatic carbocycles. The lowest BCUT2D eigenvalue weighted by molar-refractivity contribution is -0.384. The molecular formula is C20H15ClN2O4. The maximum absolute atomic E-state index is 12.5. The van der Waals surface area contributed by atoms with E-state index >= 15 is 0 Å². The van der Waals surface area contributed by atoms with Crippen molar-refractivity contribution in [1.82, 2.24) is 0 Å². The van der Waals surface area contributed by atoms with E-state index in [1.807, 2.05) is 30.3 Å². The van der Waals surface area contributed by atoms with Crippen LogP contribution < -0.4 is 10.1 Å². The largest absolute Gasteiger partial charge is 0.487 e. The molecule has 0 atom stereocenters. The van der Waals surface area contributed by atoms with Crippen molar-refractivity contribution in [2.45, 2.75) is 6.61 Å². The molecule has 0 aromatic heterocycles. The van der Waals surface area contributed by atoms with Crippen LogP contribution in [0.5, 0.6) is 5.75 Å². The zero-order valence-corrected chi connectivity index (χ0v) is 14.8. The lowest BCUT2D eigenvalue weighted by Crippen LogP contribution is -2.13. The Morgan fingerprint density at radius 1 is 1.04 bits per heavy atom. The van der Waals surface area contributed by atoms with Crippen LogP contribution in [0.15, 0.2) is 72.8 Å². The van der Waals surface area contributed by atoms with Crippen LogP contribution in [0.3, 0.4) is 0 Å². The molecule has 0 spiro atoms. The first-order valence-corrected chi connectivity index (χ1v) is 8.43. The van der Waals surface area contributed by atoms with Gasteiger partial charge in [-0.1, -0.05) is 48.0 Å². The molecule has 0 aliphatic rings. The van der Waals surface area contributed by atoms with Gasteiger partial charge in [0.15, 0.2) is 0 Å². The predicted molar refractivity (Wildman–Crippen MR) is 103 cm³/mol. The summed E-state index contributed by atoms with van der Waals surface area (Å²) in [6, 6.07) is 20.0. The van der Waals surface area contributed by atoms with Crippen molar-refractivity contribution >= 4 is 28.9 Å². The average Bonchev–Trinajstić information content (AvgIpc) is 2.68. The molecule has 1 N–H and O–H groups in total. The highest BCUT2D eigenvalue weighted by Crippen LogP contribution is 2.29. The quantitative estimate of drug-likeness (QED) is 0.476. The lowest BCUT2D eigenvalue weighted by Gasteiger charge is -2.13. The van der Waals surface area contributed by atoms with Gasteiger partial charge in [-0.05, 0) is 29.8 Å². The van der Waals surface area contributed by atoms with Gasteiger partial charge in [0.05, 0.1) is 10.6 Å². The SMILES string of the molecule is O=C(Nc1cc(Cl)ccc1OCc1ccccc1)c1cccc([N+](=O)[O-])c1. The van der Waals surface area contributed by atoms with Gasteiger partial charge >= 0.3 is 0 Å². The minimum absolute atomic E-state index is 0.158. The second kappa shape index (κ2) is 8.33. The minimum Gasteiger partial charge on any atom is -0.487 e. The number of hydrogen-bond donors (Lipinski definition) is 1. The number of non-ortho nitro benzene ring substituents is 1. The Morgan fingerprint density at radius 3 is 2.56 bits per heavy atom. The maximum Gasteiger partial charge on any atom is 0.270 e. The normalized spacial score (nSPS) is 10.3. The molecule has 3 aromatic rings. The second-order valence-electron chi connectivity index (χ2n) is 5.68. The molecule has 7 heteroatoms. The van der Waals surface area contributed by atoms with Crippen LogP contribution in [-0.4, -0.2) is 10.8 Å². The number of ether oxygens (including phenoxy) is 1. The molecule has 1 amide bonds. The van der Waals surface area contributed by atoms with Crippen LogP contribution in [0, 0.1) is 10.1 Å². The van der Waals surface area contributed by atoms with Crippen LogP contribution >= 0.6 is 11.6 Å². The first kappa shape index (κ1) is 18.4. The van der Waals surface area contributed by atoms with Crippen molar-refractivity contribution in [2.24, 2.45) is 0 Å². The number of benzene rings is 3. The zero-order chi connectivity index (χ0) is 19.2. The molecule has 3 rings (SSSR count). The molecule has 136 valence electrons. The molecule has 0 bridgehead atoms. The predicted octanol–water partition coefficient (Wildman–Crippen LogP) is 5.08. The van der Waals surface area contributed by atoms with E-state index in [2.05, 4.69) is 5.32 Å². The van der Waals surface area contributed by atoms with Gasteiger partial charge in [0.2, 0.25) is 0 Å². The van der Waals surface area contributed by atoms with E-state index in [1.165, 1.54) is 24.3 Å². The summed E-state index contributed by atoms with van der Waals surface area (Å²) in [5.74, 6) is -0.0486. The van der Waals surface area contributed by atoms with E-state index in [4.69, 9.17) is 16.3 Å². The zero-order valence-electron chi connectivity index (χ0n) is 14.1. The molecule has 0 aliphatic carbocycles. The van der Waals surface area contributed by atoms with Crippen LogP contribution in [0.4, 0.5) is 11.4 Å². The molecule has 0 heterocycles. The highest BCUT2D eigenvalue weighted by Gasteiger charge is 2.14. The second-order valence-corrected chi connectivity index (χ2v) is 6.11. The molecule has 0 fully saturated rings. The Kier molecular flexibility index (Phi) is 5.68. The first-order chi connectivity index (χ1) is 13.0. The number of halogens is 1. The van der Waals surface area contributed by atoms with Crippen LogP contribution in [0.2, 0.25) is 5.02 Å². The van der Waals surface area contributed by atoms with Crippen LogP contribution in [0.1, 0.15) is 15.9 Å². The van der Waals surface area contributed by atoms with Crippen molar-refractivity contribution in [1.29, 1.82) is 0 Å². The molecule has 0 saturated heterocycles.